The monoisotopic (exact) mass is 284 g/mol. The van der Waals surface area contributed by atoms with E-state index in [1.807, 2.05) is 12.1 Å². The molecule has 0 radical (unpaired) electrons. The largest absolute Gasteiger partial charge is 0.481 e. The summed E-state index contributed by atoms with van der Waals surface area (Å²) in [4.78, 5) is 11.1. The summed E-state index contributed by atoms with van der Waals surface area (Å²) in [5, 5.41) is 9.12. The summed E-state index contributed by atoms with van der Waals surface area (Å²) in [6, 6.07) is 6.07. The van der Waals surface area contributed by atoms with E-state index in [4.69, 9.17) is 5.11 Å². The van der Waals surface area contributed by atoms with Gasteiger partial charge in [0, 0.05) is 4.47 Å². The molecule has 0 aromatic heterocycles. The van der Waals surface area contributed by atoms with Crippen molar-refractivity contribution in [3.8, 4) is 0 Å². The van der Waals surface area contributed by atoms with E-state index in [1.54, 1.807) is 13.8 Å². The summed E-state index contributed by atoms with van der Waals surface area (Å²) < 4.78 is 1.00. The van der Waals surface area contributed by atoms with E-state index >= 15 is 0 Å². The molecule has 2 nitrogen and oxygen atoms in total. The lowest BCUT2D eigenvalue weighted by atomic mass is 9.84. The van der Waals surface area contributed by atoms with Crippen molar-refractivity contribution in [2.75, 3.05) is 0 Å². The average molecular weight is 285 g/mol. The SMILES string of the molecule is CCc1ccc(Br)cc1CC(C)(C)C(=O)O. The Kier molecular flexibility index (Phi) is 4.14. The molecule has 0 saturated heterocycles. The van der Waals surface area contributed by atoms with Gasteiger partial charge in [0.15, 0.2) is 0 Å². The number of aryl methyl sites for hydroxylation is 1. The van der Waals surface area contributed by atoms with Crippen LogP contribution in [0.2, 0.25) is 0 Å². The number of hydrogen-bond donors (Lipinski definition) is 1. The van der Waals surface area contributed by atoms with E-state index in [2.05, 4.69) is 28.9 Å². The van der Waals surface area contributed by atoms with Crippen LogP contribution < -0.4 is 0 Å². The third-order valence-corrected chi connectivity index (χ3v) is 3.25. The third kappa shape index (κ3) is 3.08. The number of carboxylic acids is 1. The van der Waals surface area contributed by atoms with Crippen LogP contribution in [0.3, 0.4) is 0 Å². The van der Waals surface area contributed by atoms with Gasteiger partial charge in [-0.2, -0.15) is 0 Å². The molecule has 0 bridgehead atoms. The Morgan fingerprint density at radius 1 is 1.38 bits per heavy atom. The maximum absolute atomic E-state index is 11.1. The van der Waals surface area contributed by atoms with Gasteiger partial charge in [-0.05, 0) is 49.9 Å². The summed E-state index contributed by atoms with van der Waals surface area (Å²) in [5.74, 6) is -0.755. The average Bonchev–Trinajstić information content (AvgIpc) is 2.17. The number of rotatable bonds is 4. The van der Waals surface area contributed by atoms with Gasteiger partial charge in [-0.1, -0.05) is 28.9 Å². The third-order valence-electron chi connectivity index (χ3n) is 2.76. The van der Waals surface area contributed by atoms with Crippen LogP contribution in [-0.2, 0) is 17.6 Å². The zero-order chi connectivity index (χ0) is 12.3. The fourth-order valence-corrected chi connectivity index (χ4v) is 2.06. The van der Waals surface area contributed by atoms with Gasteiger partial charge >= 0.3 is 5.97 Å². The molecule has 0 atom stereocenters. The van der Waals surface area contributed by atoms with Crippen LogP contribution in [0.5, 0.6) is 0 Å². The second-order valence-electron chi connectivity index (χ2n) is 4.63. The first kappa shape index (κ1) is 13.2. The predicted molar refractivity (Wildman–Crippen MR) is 68.6 cm³/mol. The topological polar surface area (TPSA) is 37.3 Å². The number of aliphatic carboxylic acids is 1. The van der Waals surface area contributed by atoms with E-state index < -0.39 is 11.4 Å². The molecule has 0 spiro atoms. The standard InChI is InChI=1S/C13H17BrO2/c1-4-9-5-6-11(14)7-10(9)8-13(2,3)12(15)16/h5-7H,4,8H2,1-3H3,(H,15,16). The fourth-order valence-electron chi connectivity index (χ4n) is 1.66. The van der Waals surface area contributed by atoms with Gasteiger partial charge in [-0.15, -0.1) is 0 Å². The smallest absolute Gasteiger partial charge is 0.309 e. The van der Waals surface area contributed by atoms with Crippen LogP contribution in [-0.4, -0.2) is 11.1 Å². The van der Waals surface area contributed by atoms with Crippen LogP contribution in [0.4, 0.5) is 0 Å². The highest BCUT2D eigenvalue weighted by Gasteiger charge is 2.28. The molecule has 0 aliphatic rings. The van der Waals surface area contributed by atoms with Crippen molar-refractivity contribution in [2.24, 2.45) is 5.41 Å². The first-order chi connectivity index (χ1) is 7.36. The molecule has 1 aromatic rings. The zero-order valence-corrected chi connectivity index (χ0v) is 11.5. The predicted octanol–water partition coefficient (Wildman–Crippen LogP) is 3.66. The summed E-state index contributed by atoms with van der Waals surface area (Å²) in [7, 11) is 0. The van der Waals surface area contributed by atoms with Crippen LogP contribution in [0.1, 0.15) is 31.9 Å². The van der Waals surface area contributed by atoms with Gasteiger partial charge in [0.05, 0.1) is 5.41 Å². The minimum absolute atomic E-state index is 0.560. The van der Waals surface area contributed by atoms with E-state index in [1.165, 1.54) is 5.56 Å². The molecule has 1 N–H and O–H groups in total. The number of halogens is 1. The second kappa shape index (κ2) is 5.00. The zero-order valence-electron chi connectivity index (χ0n) is 9.88. The molecule has 0 saturated carbocycles. The van der Waals surface area contributed by atoms with Gasteiger partial charge in [-0.25, -0.2) is 0 Å². The Morgan fingerprint density at radius 2 is 2.00 bits per heavy atom. The molecule has 0 amide bonds. The highest BCUT2D eigenvalue weighted by atomic mass is 79.9. The Labute approximate surface area is 105 Å². The lowest BCUT2D eigenvalue weighted by Crippen LogP contribution is -2.26. The number of benzene rings is 1. The van der Waals surface area contributed by atoms with Gasteiger partial charge in [-0.3, -0.25) is 4.79 Å². The fraction of sp³-hybridized carbons (Fsp3) is 0.462. The van der Waals surface area contributed by atoms with Gasteiger partial charge in [0.2, 0.25) is 0 Å². The van der Waals surface area contributed by atoms with Gasteiger partial charge in [0.1, 0.15) is 0 Å². The van der Waals surface area contributed by atoms with E-state index in [0.717, 1.165) is 16.5 Å². The Bertz CT molecular complexity index is 397. The molecule has 0 aliphatic carbocycles. The molecule has 0 heterocycles. The van der Waals surface area contributed by atoms with E-state index in [0.29, 0.717) is 6.42 Å². The van der Waals surface area contributed by atoms with Crippen molar-refractivity contribution in [1.29, 1.82) is 0 Å². The van der Waals surface area contributed by atoms with Crippen molar-refractivity contribution in [1.82, 2.24) is 0 Å². The lowest BCUT2D eigenvalue weighted by Gasteiger charge is -2.21. The van der Waals surface area contributed by atoms with Crippen LogP contribution in [0.25, 0.3) is 0 Å². The van der Waals surface area contributed by atoms with Crippen molar-refractivity contribution < 1.29 is 9.90 Å². The first-order valence-electron chi connectivity index (χ1n) is 5.37. The summed E-state index contributed by atoms with van der Waals surface area (Å²) >= 11 is 3.42. The quantitative estimate of drug-likeness (QED) is 0.916. The maximum atomic E-state index is 11.1. The molecule has 3 heteroatoms. The van der Waals surface area contributed by atoms with Crippen LogP contribution in [0.15, 0.2) is 22.7 Å². The Morgan fingerprint density at radius 3 is 2.50 bits per heavy atom. The molecular weight excluding hydrogens is 268 g/mol. The van der Waals surface area contributed by atoms with E-state index in [9.17, 15) is 4.79 Å². The van der Waals surface area contributed by atoms with Crippen LogP contribution >= 0.6 is 15.9 Å². The summed E-state index contributed by atoms with van der Waals surface area (Å²) in [6.07, 6.45) is 1.49. The normalized spacial score (nSPS) is 11.5. The van der Waals surface area contributed by atoms with Crippen molar-refractivity contribution in [3.05, 3.63) is 33.8 Å². The van der Waals surface area contributed by atoms with Crippen molar-refractivity contribution >= 4 is 21.9 Å². The van der Waals surface area contributed by atoms with Gasteiger partial charge in [0.25, 0.3) is 0 Å². The second-order valence-corrected chi connectivity index (χ2v) is 5.55. The van der Waals surface area contributed by atoms with Gasteiger partial charge < -0.3 is 5.11 Å². The van der Waals surface area contributed by atoms with Crippen molar-refractivity contribution in [2.45, 2.75) is 33.6 Å². The summed E-state index contributed by atoms with van der Waals surface area (Å²) in [6.45, 7) is 5.60. The van der Waals surface area contributed by atoms with Crippen LogP contribution in [0, 0.1) is 5.41 Å². The molecule has 16 heavy (non-hydrogen) atoms. The molecule has 0 fully saturated rings. The number of hydrogen-bond acceptors (Lipinski definition) is 1. The highest BCUT2D eigenvalue weighted by Crippen LogP contribution is 2.26. The minimum Gasteiger partial charge on any atom is -0.481 e. The number of carbonyl (C=O) groups is 1. The molecule has 88 valence electrons. The Hall–Kier alpha value is -0.830. The summed E-state index contributed by atoms with van der Waals surface area (Å²) in [5.41, 5.74) is 1.62. The molecule has 1 rings (SSSR count). The van der Waals surface area contributed by atoms with E-state index in [-0.39, 0.29) is 0 Å². The molecule has 0 aliphatic heterocycles. The molecule has 1 aromatic carbocycles. The molecule has 0 unspecified atom stereocenters. The molecular formula is C13H17BrO2. The Balaban J connectivity index is 3.04. The minimum atomic E-state index is -0.755. The highest BCUT2D eigenvalue weighted by molar-refractivity contribution is 9.10. The number of carboxylic acid groups (broad SMARTS) is 1. The maximum Gasteiger partial charge on any atom is 0.309 e. The first-order valence-corrected chi connectivity index (χ1v) is 6.17. The van der Waals surface area contributed by atoms with Crippen molar-refractivity contribution in [3.63, 3.8) is 0 Å². The lowest BCUT2D eigenvalue weighted by molar-refractivity contribution is -0.146.